The summed E-state index contributed by atoms with van der Waals surface area (Å²) in [6, 6.07) is 21.5. The summed E-state index contributed by atoms with van der Waals surface area (Å²) in [6.07, 6.45) is 1.87. The Labute approximate surface area is 212 Å². The number of para-hydroxylation sites is 1. The zero-order valence-electron chi connectivity index (χ0n) is 21.2. The maximum absolute atomic E-state index is 13.9. The minimum atomic E-state index is -0.0263. The Balaban J connectivity index is 1.67. The Bertz CT molecular complexity index is 1180. The number of amides is 1. The van der Waals surface area contributed by atoms with Crippen molar-refractivity contribution in [3.05, 3.63) is 77.9 Å². The van der Waals surface area contributed by atoms with Gasteiger partial charge in [-0.2, -0.15) is 0 Å². The van der Waals surface area contributed by atoms with E-state index >= 15 is 0 Å². The molecule has 0 atom stereocenters. The molecule has 0 N–H and O–H groups in total. The van der Waals surface area contributed by atoms with Crippen molar-refractivity contribution in [2.24, 2.45) is 0 Å². The van der Waals surface area contributed by atoms with Crippen molar-refractivity contribution in [3.8, 4) is 23.0 Å². The number of ether oxygens (including phenoxy) is 4. The fourth-order valence-corrected chi connectivity index (χ4v) is 4.37. The third-order valence-corrected chi connectivity index (χ3v) is 6.32. The highest BCUT2D eigenvalue weighted by molar-refractivity contribution is 6.24. The van der Waals surface area contributed by atoms with E-state index in [1.54, 1.807) is 28.4 Å². The van der Waals surface area contributed by atoms with Gasteiger partial charge in [-0.3, -0.25) is 4.79 Å². The Kier molecular flexibility index (Phi) is 8.00. The van der Waals surface area contributed by atoms with Gasteiger partial charge in [0.15, 0.2) is 11.5 Å². The summed E-state index contributed by atoms with van der Waals surface area (Å²) in [5, 5.41) is 0. The van der Waals surface area contributed by atoms with E-state index < -0.39 is 0 Å². The van der Waals surface area contributed by atoms with Crippen LogP contribution < -0.4 is 23.8 Å². The van der Waals surface area contributed by atoms with E-state index in [0.717, 1.165) is 30.0 Å². The van der Waals surface area contributed by atoms with Crippen LogP contribution in [-0.2, 0) is 4.79 Å². The number of benzene rings is 3. The van der Waals surface area contributed by atoms with Crippen molar-refractivity contribution in [3.63, 3.8) is 0 Å². The highest BCUT2D eigenvalue weighted by Crippen LogP contribution is 2.39. The number of anilines is 1. The van der Waals surface area contributed by atoms with Gasteiger partial charge in [-0.15, -0.1) is 0 Å². The molecule has 1 fully saturated rings. The first-order valence-corrected chi connectivity index (χ1v) is 11.8. The summed E-state index contributed by atoms with van der Waals surface area (Å²) in [7, 11) is 6.34. The van der Waals surface area contributed by atoms with Gasteiger partial charge in [-0.1, -0.05) is 30.3 Å². The van der Waals surface area contributed by atoms with E-state index in [4.69, 9.17) is 18.9 Å². The second-order valence-corrected chi connectivity index (χ2v) is 8.36. The summed E-state index contributed by atoms with van der Waals surface area (Å²) < 4.78 is 21.8. The SMILES string of the molecule is COc1ccc(/C(=C\c2cc(OC)c(OC)c(OC)c2)C(=O)N2CCN(c3ccccc3)CC2)cc1. The fraction of sp³-hybridized carbons (Fsp3) is 0.276. The molecular formula is C29H32N2O5. The predicted octanol–water partition coefficient (Wildman–Crippen LogP) is 4.61. The standard InChI is InChI=1S/C29H32N2O5/c1-33-24-12-10-22(11-13-24)25(18-21-19-26(34-2)28(36-4)27(20-21)35-3)29(32)31-16-14-30(15-17-31)23-8-6-5-7-9-23/h5-13,18-20H,14-17H2,1-4H3/b25-18+. The van der Waals surface area contributed by atoms with E-state index in [9.17, 15) is 4.79 Å². The van der Waals surface area contributed by atoms with Gasteiger partial charge in [0, 0.05) is 37.4 Å². The van der Waals surface area contributed by atoms with E-state index in [2.05, 4.69) is 17.0 Å². The summed E-state index contributed by atoms with van der Waals surface area (Å²) in [4.78, 5) is 18.1. The second kappa shape index (κ2) is 11.5. The first kappa shape index (κ1) is 25.0. The number of nitrogens with zero attached hydrogens (tertiary/aromatic N) is 2. The minimum absolute atomic E-state index is 0.0263. The van der Waals surface area contributed by atoms with Crippen molar-refractivity contribution in [2.75, 3.05) is 59.5 Å². The molecule has 0 bridgehead atoms. The molecule has 1 amide bonds. The molecule has 36 heavy (non-hydrogen) atoms. The lowest BCUT2D eigenvalue weighted by molar-refractivity contribution is -0.125. The molecule has 1 heterocycles. The zero-order valence-corrected chi connectivity index (χ0v) is 21.2. The molecule has 7 nitrogen and oxygen atoms in total. The van der Waals surface area contributed by atoms with Crippen LogP contribution in [0.15, 0.2) is 66.7 Å². The average Bonchev–Trinajstić information content (AvgIpc) is 2.95. The molecule has 0 unspecified atom stereocenters. The number of rotatable bonds is 8. The van der Waals surface area contributed by atoms with Gasteiger partial charge in [0.2, 0.25) is 5.75 Å². The molecule has 1 aliphatic heterocycles. The Morgan fingerprint density at radius 2 is 1.36 bits per heavy atom. The van der Waals surface area contributed by atoms with Gasteiger partial charge in [0.25, 0.3) is 5.91 Å². The largest absolute Gasteiger partial charge is 0.497 e. The van der Waals surface area contributed by atoms with Crippen molar-refractivity contribution < 1.29 is 23.7 Å². The first-order chi connectivity index (χ1) is 17.6. The minimum Gasteiger partial charge on any atom is -0.497 e. The number of methoxy groups -OCH3 is 4. The molecule has 4 rings (SSSR count). The molecule has 7 heteroatoms. The topological polar surface area (TPSA) is 60.5 Å². The molecular weight excluding hydrogens is 456 g/mol. The van der Waals surface area contributed by atoms with Gasteiger partial charge in [-0.25, -0.2) is 0 Å². The van der Waals surface area contributed by atoms with Crippen LogP contribution in [0.25, 0.3) is 11.6 Å². The van der Waals surface area contributed by atoms with Crippen molar-refractivity contribution in [1.29, 1.82) is 0 Å². The van der Waals surface area contributed by atoms with Crippen LogP contribution in [0.5, 0.6) is 23.0 Å². The number of hydrogen-bond acceptors (Lipinski definition) is 6. The molecule has 1 aliphatic rings. The monoisotopic (exact) mass is 488 g/mol. The van der Waals surface area contributed by atoms with Crippen molar-refractivity contribution in [2.45, 2.75) is 0 Å². The second-order valence-electron chi connectivity index (χ2n) is 8.36. The number of piperazine rings is 1. The lowest BCUT2D eigenvalue weighted by Gasteiger charge is -2.36. The number of carbonyl (C=O) groups is 1. The van der Waals surface area contributed by atoms with E-state index in [0.29, 0.717) is 35.9 Å². The predicted molar refractivity (Wildman–Crippen MR) is 142 cm³/mol. The molecule has 0 aliphatic carbocycles. The van der Waals surface area contributed by atoms with Crippen molar-refractivity contribution in [1.82, 2.24) is 4.90 Å². The highest BCUT2D eigenvalue weighted by atomic mass is 16.5. The van der Waals surface area contributed by atoms with Gasteiger partial charge in [0.05, 0.1) is 28.4 Å². The zero-order chi connectivity index (χ0) is 25.5. The van der Waals surface area contributed by atoms with Crippen LogP contribution in [0.1, 0.15) is 11.1 Å². The molecule has 0 aromatic heterocycles. The lowest BCUT2D eigenvalue weighted by atomic mass is 10.00. The summed E-state index contributed by atoms with van der Waals surface area (Å²) >= 11 is 0. The Hall–Kier alpha value is -4.13. The lowest BCUT2D eigenvalue weighted by Crippen LogP contribution is -2.49. The molecule has 0 spiro atoms. The van der Waals surface area contributed by atoms with Crippen LogP contribution >= 0.6 is 0 Å². The Morgan fingerprint density at radius 3 is 1.89 bits per heavy atom. The summed E-state index contributed by atoms with van der Waals surface area (Å²) in [5.74, 6) is 2.27. The van der Waals surface area contributed by atoms with Crippen molar-refractivity contribution >= 4 is 23.2 Å². The van der Waals surface area contributed by atoms with Gasteiger partial charge >= 0.3 is 0 Å². The van der Waals surface area contributed by atoms with E-state index in [-0.39, 0.29) is 5.91 Å². The summed E-state index contributed by atoms with van der Waals surface area (Å²) in [5.41, 5.74) is 3.33. The van der Waals surface area contributed by atoms with Crippen LogP contribution in [0.3, 0.4) is 0 Å². The van der Waals surface area contributed by atoms with Crippen LogP contribution in [0.4, 0.5) is 5.69 Å². The number of hydrogen-bond donors (Lipinski definition) is 0. The third-order valence-electron chi connectivity index (χ3n) is 6.32. The first-order valence-electron chi connectivity index (χ1n) is 11.8. The molecule has 3 aromatic rings. The summed E-state index contributed by atoms with van der Waals surface area (Å²) in [6.45, 7) is 2.82. The molecule has 0 saturated carbocycles. The maximum Gasteiger partial charge on any atom is 0.254 e. The number of carbonyl (C=O) groups excluding carboxylic acids is 1. The van der Waals surface area contributed by atoms with Crippen LogP contribution in [0.2, 0.25) is 0 Å². The van der Waals surface area contributed by atoms with Crippen LogP contribution in [-0.4, -0.2) is 65.4 Å². The smallest absolute Gasteiger partial charge is 0.254 e. The van der Waals surface area contributed by atoms with Crippen LogP contribution in [0, 0.1) is 0 Å². The third kappa shape index (κ3) is 5.40. The normalized spacial score (nSPS) is 13.8. The molecule has 3 aromatic carbocycles. The molecule has 0 radical (unpaired) electrons. The highest BCUT2D eigenvalue weighted by Gasteiger charge is 2.25. The maximum atomic E-state index is 13.9. The fourth-order valence-electron chi connectivity index (χ4n) is 4.37. The van der Waals surface area contributed by atoms with E-state index in [1.165, 1.54) is 5.69 Å². The van der Waals surface area contributed by atoms with Gasteiger partial charge < -0.3 is 28.7 Å². The molecule has 188 valence electrons. The molecule has 1 saturated heterocycles. The van der Waals surface area contributed by atoms with E-state index in [1.807, 2.05) is 65.6 Å². The van der Waals surface area contributed by atoms with Gasteiger partial charge in [0.1, 0.15) is 5.75 Å². The van der Waals surface area contributed by atoms with Gasteiger partial charge in [-0.05, 0) is 53.6 Å². The quantitative estimate of drug-likeness (QED) is 0.341. The average molecular weight is 489 g/mol. The Morgan fingerprint density at radius 1 is 0.750 bits per heavy atom.